The van der Waals surface area contributed by atoms with Crippen LogP contribution < -0.4 is 9.80 Å². The SMILES string of the molecule is C1=C(c2ccc(N(c3ccccc3-c3ccccc3-c3cccc4ccccc34)c3cccc4c3-c3ccccc3C43c4ccccc4N(c4ccccc4)c4ccccc43)cc2)CCc2c1sc1ccccc21. The Bertz CT molecular complexity index is 4170. The predicted octanol–water partition coefficient (Wildman–Crippen LogP) is 19.5. The number of hydrogen-bond acceptors (Lipinski definition) is 3. The molecule has 2 aliphatic carbocycles. The second-order valence-electron chi connectivity index (χ2n) is 19.8. The maximum absolute atomic E-state index is 2.56. The van der Waals surface area contributed by atoms with Crippen molar-refractivity contribution in [2.24, 2.45) is 0 Å². The highest BCUT2D eigenvalue weighted by molar-refractivity contribution is 7.20. The lowest BCUT2D eigenvalue weighted by atomic mass is 9.64. The molecule has 15 rings (SSSR count). The van der Waals surface area contributed by atoms with E-state index in [0.29, 0.717) is 0 Å². The van der Waals surface area contributed by atoms with E-state index in [1.807, 2.05) is 11.3 Å². The third-order valence-corrected chi connectivity index (χ3v) is 17.2. The second-order valence-corrected chi connectivity index (χ2v) is 20.9. The average molecular weight is 961 g/mol. The molecule has 0 saturated heterocycles. The van der Waals surface area contributed by atoms with Crippen molar-refractivity contribution < 1.29 is 0 Å². The summed E-state index contributed by atoms with van der Waals surface area (Å²) in [6, 6.07) is 97.2. The smallest absolute Gasteiger partial charge is 0.0755 e. The standard InChI is InChI=1S/C71H48N2S/c1-2-22-50(23-3-1)73-65-36-15-12-32-61(65)71(62-33-13-16-37-66(62)73)60-31-11-8-29-59(60)70-63(71)34-19-38-67(70)72(51-43-40-47(41-44-51)49-42-45-58-57-28-10-17-39-68(57)74-69(58)46-49)64-35-14-9-27-56(64)55-26-7-6-25-54(55)53-30-18-21-48-20-4-5-24-52(48)53/h1-41,43-44,46H,42,45H2. The Kier molecular flexibility index (Phi) is 9.83. The van der Waals surface area contributed by atoms with Gasteiger partial charge in [0.15, 0.2) is 0 Å². The first-order valence-corrected chi connectivity index (χ1v) is 26.6. The third kappa shape index (κ3) is 6.36. The summed E-state index contributed by atoms with van der Waals surface area (Å²) in [6.45, 7) is 0. The molecule has 74 heavy (non-hydrogen) atoms. The monoisotopic (exact) mass is 960 g/mol. The fourth-order valence-electron chi connectivity index (χ4n) is 12.9. The Labute approximate surface area is 436 Å². The number of para-hydroxylation sites is 4. The van der Waals surface area contributed by atoms with Crippen LogP contribution >= 0.6 is 11.3 Å². The van der Waals surface area contributed by atoms with Gasteiger partial charge in [-0.15, -0.1) is 11.3 Å². The summed E-state index contributed by atoms with van der Waals surface area (Å²) in [7, 11) is 0. The largest absolute Gasteiger partial charge is 0.310 e. The van der Waals surface area contributed by atoms with Gasteiger partial charge in [0, 0.05) is 32.1 Å². The van der Waals surface area contributed by atoms with Crippen molar-refractivity contribution >= 4 is 78.0 Å². The first-order valence-electron chi connectivity index (χ1n) is 25.8. The Morgan fingerprint density at radius 1 is 0.392 bits per heavy atom. The van der Waals surface area contributed by atoms with Gasteiger partial charge in [0.2, 0.25) is 0 Å². The van der Waals surface area contributed by atoms with Gasteiger partial charge in [-0.3, -0.25) is 0 Å². The number of aryl methyl sites for hydroxylation is 1. The number of nitrogens with zero attached hydrogens (tertiary/aromatic N) is 2. The zero-order valence-corrected chi connectivity index (χ0v) is 41.4. The lowest BCUT2D eigenvalue weighted by Crippen LogP contribution is -2.36. The molecule has 1 aliphatic heterocycles. The van der Waals surface area contributed by atoms with Gasteiger partial charge < -0.3 is 9.80 Å². The molecule has 0 radical (unpaired) electrons. The summed E-state index contributed by atoms with van der Waals surface area (Å²) in [5.74, 6) is 0. The van der Waals surface area contributed by atoms with E-state index in [1.54, 1.807) is 0 Å². The molecule has 0 fully saturated rings. The molecule has 1 aromatic heterocycles. The first-order chi connectivity index (χ1) is 36.7. The topological polar surface area (TPSA) is 6.48 Å². The summed E-state index contributed by atoms with van der Waals surface area (Å²) in [5, 5.41) is 3.88. The van der Waals surface area contributed by atoms with Gasteiger partial charge in [0.05, 0.1) is 28.2 Å². The third-order valence-electron chi connectivity index (χ3n) is 16.0. The molecule has 0 N–H and O–H groups in total. The van der Waals surface area contributed by atoms with E-state index in [9.17, 15) is 0 Å². The quantitative estimate of drug-likeness (QED) is 0.157. The maximum Gasteiger partial charge on any atom is 0.0755 e. The number of allylic oxidation sites excluding steroid dienone is 1. The molecular formula is C71H48N2S. The lowest BCUT2D eigenvalue weighted by molar-refractivity contribution is 0.752. The van der Waals surface area contributed by atoms with Crippen molar-refractivity contribution in [1.29, 1.82) is 0 Å². The van der Waals surface area contributed by atoms with E-state index in [2.05, 4.69) is 277 Å². The van der Waals surface area contributed by atoms with Crippen LogP contribution in [0.25, 0.3) is 65.9 Å². The number of hydrogen-bond donors (Lipinski definition) is 0. The van der Waals surface area contributed by atoms with E-state index in [4.69, 9.17) is 0 Å². The van der Waals surface area contributed by atoms with Gasteiger partial charge in [0.25, 0.3) is 0 Å². The molecule has 11 aromatic carbocycles. The van der Waals surface area contributed by atoms with Crippen molar-refractivity contribution in [1.82, 2.24) is 0 Å². The number of fused-ring (bicyclic) bond motifs is 13. The number of anilines is 6. The van der Waals surface area contributed by atoms with Crippen molar-refractivity contribution in [3.05, 3.63) is 299 Å². The van der Waals surface area contributed by atoms with Crippen LogP contribution in [-0.2, 0) is 11.8 Å². The van der Waals surface area contributed by atoms with Crippen LogP contribution in [0, 0.1) is 0 Å². The van der Waals surface area contributed by atoms with Crippen LogP contribution in [0.3, 0.4) is 0 Å². The Hall–Kier alpha value is -9.02. The highest BCUT2D eigenvalue weighted by atomic mass is 32.1. The molecule has 2 heterocycles. The van der Waals surface area contributed by atoms with Gasteiger partial charge in [-0.2, -0.15) is 0 Å². The average Bonchev–Trinajstić information content (AvgIpc) is 4.11. The Morgan fingerprint density at radius 2 is 0.946 bits per heavy atom. The molecule has 348 valence electrons. The van der Waals surface area contributed by atoms with Crippen LogP contribution in [0.2, 0.25) is 0 Å². The Balaban J connectivity index is 0.971. The maximum atomic E-state index is 2.56. The minimum absolute atomic E-state index is 0.602. The normalized spacial score (nSPS) is 13.7. The second kappa shape index (κ2) is 17.1. The highest BCUT2D eigenvalue weighted by Gasteiger charge is 2.52. The zero-order chi connectivity index (χ0) is 48.7. The number of thiophene rings is 1. The minimum atomic E-state index is -0.602. The summed E-state index contributed by atoms with van der Waals surface area (Å²) < 4.78 is 1.37. The Morgan fingerprint density at radius 3 is 1.73 bits per heavy atom. The van der Waals surface area contributed by atoms with E-state index in [1.165, 1.54) is 104 Å². The number of benzene rings is 11. The molecule has 0 bridgehead atoms. The molecule has 12 aromatic rings. The zero-order valence-electron chi connectivity index (χ0n) is 40.6. The fourth-order valence-corrected chi connectivity index (χ4v) is 14.2. The summed E-state index contributed by atoms with van der Waals surface area (Å²) in [4.78, 5) is 6.41. The van der Waals surface area contributed by atoms with E-state index in [0.717, 1.165) is 41.2 Å². The van der Waals surface area contributed by atoms with Gasteiger partial charge in [-0.25, -0.2) is 0 Å². The van der Waals surface area contributed by atoms with Crippen LogP contribution in [0.5, 0.6) is 0 Å². The molecule has 0 saturated carbocycles. The molecule has 0 unspecified atom stereocenters. The summed E-state index contributed by atoms with van der Waals surface area (Å²) >= 11 is 1.92. The predicted molar refractivity (Wildman–Crippen MR) is 313 cm³/mol. The van der Waals surface area contributed by atoms with Crippen LogP contribution in [0.4, 0.5) is 34.1 Å². The first kappa shape index (κ1) is 42.6. The fraction of sp³-hybridized carbons (Fsp3) is 0.0423. The van der Waals surface area contributed by atoms with Crippen molar-refractivity contribution in [2.45, 2.75) is 18.3 Å². The molecule has 3 heteroatoms. The van der Waals surface area contributed by atoms with E-state index >= 15 is 0 Å². The van der Waals surface area contributed by atoms with E-state index < -0.39 is 5.41 Å². The summed E-state index contributed by atoms with van der Waals surface area (Å²) in [5.41, 5.74) is 22.8. The lowest BCUT2D eigenvalue weighted by Gasteiger charge is -2.45. The van der Waals surface area contributed by atoms with Crippen LogP contribution in [0.1, 0.15) is 44.7 Å². The van der Waals surface area contributed by atoms with E-state index in [-0.39, 0.29) is 0 Å². The molecule has 3 aliphatic rings. The summed E-state index contributed by atoms with van der Waals surface area (Å²) in [6.07, 6.45) is 4.52. The van der Waals surface area contributed by atoms with Crippen molar-refractivity contribution in [3.8, 4) is 33.4 Å². The molecule has 0 amide bonds. The number of rotatable bonds is 7. The highest BCUT2D eigenvalue weighted by Crippen LogP contribution is 2.65. The molecule has 2 nitrogen and oxygen atoms in total. The van der Waals surface area contributed by atoms with Crippen LogP contribution in [0.15, 0.2) is 261 Å². The van der Waals surface area contributed by atoms with Gasteiger partial charge >= 0.3 is 0 Å². The minimum Gasteiger partial charge on any atom is -0.310 e. The van der Waals surface area contributed by atoms with Gasteiger partial charge in [0.1, 0.15) is 0 Å². The molecule has 0 atom stereocenters. The van der Waals surface area contributed by atoms with Gasteiger partial charge in [-0.1, -0.05) is 206 Å². The van der Waals surface area contributed by atoms with Crippen molar-refractivity contribution in [3.63, 3.8) is 0 Å². The van der Waals surface area contributed by atoms with Crippen LogP contribution in [-0.4, -0.2) is 0 Å². The van der Waals surface area contributed by atoms with Gasteiger partial charge in [-0.05, 0) is 151 Å². The molecular weight excluding hydrogens is 913 g/mol. The molecule has 1 spiro atoms. The van der Waals surface area contributed by atoms with Crippen molar-refractivity contribution in [2.75, 3.05) is 9.80 Å².